The molecule has 0 spiro atoms. The van der Waals surface area contributed by atoms with Gasteiger partial charge in [-0.1, -0.05) is 71.2 Å². The van der Waals surface area contributed by atoms with Crippen LogP contribution in [-0.2, 0) is 209 Å². The van der Waals surface area contributed by atoms with Gasteiger partial charge < -0.3 is 139 Å². The molecule has 3 N–H and O–H groups in total. The Morgan fingerprint density at radius 2 is 0.776 bits per heavy atom. The lowest BCUT2D eigenvalue weighted by Gasteiger charge is -2.52. The molecule has 0 aliphatic carbocycles. The molecule has 49 nitrogen and oxygen atoms in total. The van der Waals surface area contributed by atoms with Gasteiger partial charge in [0.05, 0.1) is 37.3 Å². The third kappa shape index (κ3) is 32.0. The Morgan fingerprint density at radius 1 is 0.396 bits per heavy atom. The number of methoxy groups -OCH3 is 1. The molecule has 740 valence electrons. The van der Waals surface area contributed by atoms with Crippen LogP contribution in [-0.4, -0.2) is 329 Å². The van der Waals surface area contributed by atoms with E-state index in [9.17, 15) is 86.3 Å². The highest BCUT2D eigenvalue weighted by molar-refractivity contribution is 6.76. The minimum absolute atomic E-state index is 0.262. The maximum absolute atomic E-state index is 15.2. The van der Waals surface area contributed by atoms with E-state index in [1.165, 1.54) is 60.7 Å². The van der Waals surface area contributed by atoms with Crippen molar-refractivity contribution in [2.75, 3.05) is 46.8 Å². The summed E-state index contributed by atoms with van der Waals surface area (Å²) in [4.78, 5) is 259. The van der Waals surface area contributed by atoms with Gasteiger partial charge in [0, 0.05) is 104 Å². The highest BCUT2D eigenvalue weighted by Gasteiger charge is 2.65. The number of amides is 2. The van der Waals surface area contributed by atoms with Gasteiger partial charge in [-0.2, -0.15) is 0 Å². The topological polar surface area (TPSA) is 621 Å². The molecule has 5 saturated heterocycles. The fraction of sp³-hybridized carbons (Fsp3) is 0.610. The van der Waals surface area contributed by atoms with Crippen LogP contribution in [0, 0.1) is 5.41 Å². The Balaban J connectivity index is 1.51. The zero-order valence-corrected chi connectivity index (χ0v) is 76.8. The van der Waals surface area contributed by atoms with Crippen LogP contribution in [0.25, 0.3) is 0 Å². The SMILES string of the molecule is COC(=O)[C@@]1(OC[C@H]2O[C@@H](O[C@H]3[C@H](OC(C)=O)[C@@H](NC(C)=O)[C@H](O[C@H]4[C@@H](OC(C)=O)[C@@H](COC(C)=O)O[C@@H](O[C@H]5[C@H](OC(C)=O)[C@@H](OC(C)=O)[C@@H](OC(=N)C(Cl)(Cl)Cl)O[C@@H]5COC(C)=O)[C@@H]4OC(C)=O)O[C@@H]3COC(C)=O)[C@H](OC(=O)c3ccccc3)[C@@H](OC(C)=O)[C@H]2OC(=O)c2ccccc2)C[C@H](OC(C)=O)[C@@H](NC(=O)COC(C)=O)[C@H]([C@H](OC(C)=O)[C@@H](COC(C)=O)OC(C)=O)O1. The average molecular weight is 1970 g/mol. The van der Waals surface area contributed by atoms with Crippen LogP contribution in [0.15, 0.2) is 60.7 Å². The highest BCUT2D eigenvalue weighted by atomic mass is 35.6. The van der Waals surface area contributed by atoms with E-state index < -0.39 is 328 Å². The highest BCUT2D eigenvalue weighted by Crippen LogP contribution is 2.44. The van der Waals surface area contributed by atoms with Crippen LogP contribution < -0.4 is 10.6 Å². The first-order chi connectivity index (χ1) is 62.9. The summed E-state index contributed by atoms with van der Waals surface area (Å²) in [6.07, 6.45) is -52.9. The van der Waals surface area contributed by atoms with Crippen LogP contribution in [0.4, 0.5) is 0 Å². The van der Waals surface area contributed by atoms with Gasteiger partial charge in [-0.25, -0.2) is 14.4 Å². The van der Waals surface area contributed by atoms with E-state index in [-0.39, 0.29) is 11.1 Å². The van der Waals surface area contributed by atoms with Crippen molar-refractivity contribution >= 4 is 154 Å². The number of esters is 17. The third-order valence-corrected chi connectivity index (χ3v) is 19.7. The molecule has 7 rings (SSSR count). The van der Waals surface area contributed by atoms with Crippen molar-refractivity contribution in [3.63, 3.8) is 0 Å². The summed E-state index contributed by atoms with van der Waals surface area (Å²) >= 11 is 18.0. The summed E-state index contributed by atoms with van der Waals surface area (Å²) in [5.41, 5.74) is -0.545. The van der Waals surface area contributed by atoms with Crippen molar-refractivity contribution in [3.8, 4) is 0 Å². The molecule has 0 unspecified atom stereocenters. The number of alkyl halides is 3. The van der Waals surface area contributed by atoms with Gasteiger partial charge in [-0.15, -0.1) is 0 Å². The number of halogens is 3. The lowest BCUT2D eigenvalue weighted by atomic mass is 9.87. The minimum Gasteiger partial charge on any atom is -0.465 e. The Labute approximate surface area is 777 Å². The van der Waals surface area contributed by atoms with Crippen molar-refractivity contribution in [1.82, 2.24) is 10.6 Å². The number of ether oxygens (including phenoxy) is 27. The van der Waals surface area contributed by atoms with Crippen LogP contribution in [0.5, 0.6) is 0 Å². The molecule has 2 aromatic carbocycles. The maximum Gasteiger partial charge on any atom is 0.366 e. The van der Waals surface area contributed by atoms with E-state index >= 15 is 4.79 Å². The Hall–Kier alpha value is -11.7. The molecule has 0 radical (unpaired) electrons. The number of rotatable bonds is 38. The quantitative estimate of drug-likeness (QED) is 0.0274. The van der Waals surface area contributed by atoms with Crippen molar-refractivity contribution < 1.29 is 219 Å². The monoisotopic (exact) mass is 1970 g/mol. The fourth-order valence-electron chi connectivity index (χ4n) is 14.3. The van der Waals surface area contributed by atoms with Gasteiger partial charge in [0.1, 0.15) is 87.4 Å². The molecule has 5 fully saturated rings. The summed E-state index contributed by atoms with van der Waals surface area (Å²) in [6.45, 7) is 6.36. The smallest absolute Gasteiger partial charge is 0.366 e. The first kappa shape index (κ1) is 109. The lowest BCUT2D eigenvalue weighted by Crippen LogP contribution is -2.71. The summed E-state index contributed by atoms with van der Waals surface area (Å²) in [6, 6.07) is 9.25. The number of benzene rings is 2. The van der Waals surface area contributed by atoms with E-state index in [2.05, 4.69) is 10.6 Å². The molecule has 26 atom stereocenters. The van der Waals surface area contributed by atoms with Crippen LogP contribution in [0.2, 0.25) is 0 Å². The number of carbonyl (C=O) groups excluding carboxylic acids is 19. The Kier molecular flexibility index (Phi) is 40.9. The minimum atomic E-state index is -3.27. The molecule has 5 aliphatic rings. The molecule has 0 saturated carbocycles. The maximum atomic E-state index is 15.2. The van der Waals surface area contributed by atoms with E-state index in [4.69, 9.17) is 168 Å². The van der Waals surface area contributed by atoms with Crippen LogP contribution >= 0.6 is 34.8 Å². The first-order valence-corrected chi connectivity index (χ1v) is 41.6. The third-order valence-electron chi connectivity index (χ3n) is 19.2. The largest absolute Gasteiger partial charge is 0.465 e. The summed E-state index contributed by atoms with van der Waals surface area (Å²) in [5.74, 6) is -27.4. The van der Waals surface area contributed by atoms with Gasteiger partial charge in [0.25, 0.3) is 15.5 Å². The van der Waals surface area contributed by atoms with E-state index in [0.717, 1.165) is 111 Å². The second kappa shape index (κ2) is 50.1. The van der Waals surface area contributed by atoms with Gasteiger partial charge in [-0.05, 0) is 24.3 Å². The summed E-state index contributed by atoms with van der Waals surface area (Å²) in [5, 5.41) is 13.4. The molecule has 0 aromatic heterocycles. The van der Waals surface area contributed by atoms with Gasteiger partial charge >= 0.3 is 101 Å². The second-order valence-corrected chi connectivity index (χ2v) is 32.1. The second-order valence-electron chi connectivity index (χ2n) is 29.9. The van der Waals surface area contributed by atoms with Crippen molar-refractivity contribution in [1.29, 1.82) is 5.41 Å². The van der Waals surface area contributed by atoms with E-state index in [1.807, 2.05) is 0 Å². The average Bonchev–Trinajstić information content (AvgIpc) is 0.749. The first-order valence-electron chi connectivity index (χ1n) is 40.5. The van der Waals surface area contributed by atoms with Gasteiger partial charge in [-0.3, -0.25) is 82.1 Å². The fourth-order valence-corrected chi connectivity index (χ4v) is 14.4. The Morgan fingerprint density at radius 3 is 1.22 bits per heavy atom. The molecule has 0 bridgehead atoms. The van der Waals surface area contributed by atoms with Gasteiger partial charge in [0.2, 0.25) is 24.2 Å². The van der Waals surface area contributed by atoms with Crippen LogP contribution in [0.3, 0.4) is 0 Å². The predicted molar refractivity (Wildman–Crippen MR) is 433 cm³/mol. The van der Waals surface area contributed by atoms with E-state index in [1.54, 1.807) is 0 Å². The van der Waals surface area contributed by atoms with Crippen molar-refractivity contribution in [2.45, 2.75) is 273 Å². The Bertz CT molecular complexity index is 4580. The predicted octanol–water partition coefficient (Wildman–Crippen LogP) is 0.722. The van der Waals surface area contributed by atoms with Crippen LogP contribution in [0.1, 0.15) is 131 Å². The number of hydrogen-bond donors (Lipinski definition) is 3. The normalized spacial score (nSPS) is 28.6. The lowest BCUT2D eigenvalue weighted by molar-refractivity contribution is -0.381. The van der Waals surface area contributed by atoms with Crippen molar-refractivity contribution in [2.24, 2.45) is 0 Å². The molecule has 2 amide bonds. The van der Waals surface area contributed by atoms with Crippen molar-refractivity contribution in [3.05, 3.63) is 71.8 Å². The molecule has 5 aliphatic heterocycles. The molecule has 5 heterocycles. The molecule has 52 heteroatoms. The molecule has 2 aromatic rings. The standard InChI is InChI=1S/C82H100Cl3N3O46/c1-34(89)87-59-65(119-44(11)99)60(53(29-110-36(3)91)124-75(59)132-69-62(118-43(10)98)54(30-111-37(4)92)125-76(71(69)123-48(15)103)131-64-55(31-112-38(5)93)126-78(133-79(86)82(83,84)85)70(122-47(14)102)68(64)121-46(13)101)130-77-72(129-74(106)50-25-21-18-22-26-50)67(120-45(12)100)63(128-73(105)49-23-19-17-20-24-49)56(127-77)32-114-81(80(107)108-16)27-51(115-40(7)95)58(88-57(104)33-113-39(6)94)66(134-81)61(117-42(9)97)52(116-41(8)96)28-109-35(2)90/h17-26,51-56,58-72,75-78,86H,27-33H2,1-16H3,(H,87,89)(H,88,104)/t51-,52+,53+,54+,55+,56+,58+,59+,60+,61+,62-,63-,64+,65+,66+,67-,68-,69-,70+,71+,72+,75-,76-,77-,78+,81+/m0/s1. The number of carbonyl (C=O) groups is 19. The number of nitrogens with one attached hydrogen (secondary N) is 3. The van der Waals surface area contributed by atoms with E-state index in [0.29, 0.717) is 0 Å². The molecular formula is C82H100Cl3N3O46. The summed E-state index contributed by atoms with van der Waals surface area (Å²) < 4.78 is 159. The molecule has 134 heavy (non-hydrogen) atoms. The molecular weight excluding hydrogens is 1870 g/mol. The number of hydrogen-bond acceptors (Lipinski definition) is 47. The zero-order chi connectivity index (χ0) is 99.7. The summed E-state index contributed by atoms with van der Waals surface area (Å²) in [7, 11) is 0.765. The zero-order valence-electron chi connectivity index (χ0n) is 74.6. The van der Waals surface area contributed by atoms with Gasteiger partial charge in [0.15, 0.2) is 80.4 Å².